The van der Waals surface area contributed by atoms with Crippen molar-refractivity contribution in [1.29, 1.82) is 0 Å². The fourth-order valence-electron chi connectivity index (χ4n) is 7.74. The summed E-state index contributed by atoms with van der Waals surface area (Å²) in [7, 11) is 0. The SMILES string of the molecule is CC1(C)c2ccccc2-c2ccc(N(c3ccccc3)c3ccc(-c4ccc5oc6cc7oc(-c8ccccc8)nc7cc6c5c4)cc3)cc21. The zero-order valence-electron chi connectivity index (χ0n) is 27.7. The van der Waals surface area contributed by atoms with Crippen molar-refractivity contribution in [3.05, 3.63) is 169 Å². The fourth-order valence-corrected chi connectivity index (χ4v) is 7.74. The summed E-state index contributed by atoms with van der Waals surface area (Å²) in [5.41, 5.74) is 15.0. The molecule has 2 heterocycles. The number of hydrogen-bond acceptors (Lipinski definition) is 4. The smallest absolute Gasteiger partial charge is 0.227 e. The third kappa shape index (κ3) is 4.42. The number of oxazole rings is 1. The van der Waals surface area contributed by atoms with Crippen molar-refractivity contribution in [3.8, 4) is 33.7 Å². The molecule has 0 saturated carbocycles. The van der Waals surface area contributed by atoms with E-state index < -0.39 is 0 Å². The Morgan fingerprint density at radius 2 is 1.12 bits per heavy atom. The van der Waals surface area contributed by atoms with Crippen LogP contribution >= 0.6 is 0 Å². The second-order valence-electron chi connectivity index (χ2n) is 13.6. The highest BCUT2D eigenvalue weighted by molar-refractivity contribution is 6.10. The largest absolute Gasteiger partial charge is 0.456 e. The number of furan rings is 1. The summed E-state index contributed by atoms with van der Waals surface area (Å²) in [6, 6.07) is 55.6. The predicted octanol–water partition coefficient (Wildman–Crippen LogP) is 12.8. The summed E-state index contributed by atoms with van der Waals surface area (Å²) in [5, 5.41) is 2.08. The van der Waals surface area contributed by atoms with E-state index in [0.717, 1.165) is 61.2 Å². The molecule has 0 fully saturated rings. The maximum Gasteiger partial charge on any atom is 0.227 e. The third-order valence-electron chi connectivity index (χ3n) is 10.3. The van der Waals surface area contributed by atoms with Crippen LogP contribution in [0, 0.1) is 0 Å². The standard InChI is InChI=1S/C46H32N2O2/c1-46(2)39-16-10-9-15-35(39)36-23-22-34(26-40(36)46)48(32-13-7-4-8-14-32)33-20-17-29(18-21-33)31-19-24-42-37(25-31)38-27-41-44(28-43(38)49-42)50-45(47-41)30-11-5-3-6-12-30/h3-28H,1-2H3. The Bertz CT molecular complexity index is 2720. The van der Waals surface area contributed by atoms with E-state index in [1.165, 1.54) is 22.3 Å². The molecule has 0 aliphatic heterocycles. The van der Waals surface area contributed by atoms with Crippen LogP contribution in [0.1, 0.15) is 25.0 Å². The molecule has 9 aromatic rings. The number of fused-ring (bicyclic) bond motifs is 7. The van der Waals surface area contributed by atoms with Gasteiger partial charge < -0.3 is 13.7 Å². The Labute approximate surface area is 289 Å². The Kier molecular flexibility index (Phi) is 6.19. The minimum absolute atomic E-state index is 0.0757. The molecule has 1 aliphatic carbocycles. The van der Waals surface area contributed by atoms with E-state index >= 15 is 0 Å². The number of benzene rings is 7. The zero-order valence-corrected chi connectivity index (χ0v) is 27.7. The molecular weight excluding hydrogens is 613 g/mol. The Morgan fingerprint density at radius 3 is 1.94 bits per heavy atom. The van der Waals surface area contributed by atoms with E-state index in [1.807, 2.05) is 36.4 Å². The summed E-state index contributed by atoms with van der Waals surface area (Å²) in [5.74, 6) is 0.608. The number of aromatic nitrogens is 1. The van der Waals surface area contributed by atoms with E-state index in [2.05, 4.69) is 140 Å². The van der Waals surface area contributed by atoms with Crippen LogP contribution in [0.3, 0.4) is 0 Å². The van der Waals surface area contributed by atoms with Crippen LogP contribution in [0.4, 0.5) is 17.1 Å². The van der Waals surface area contributed by atoms with Gasteiger partial charge in [0.1, 0.15) is 16.7 Å². The molecule has 7 aromatic carbocycles. The van der Waals surface area contributed by atoms with Gasteiger partial charge in [-0.3, -0.25) is 0 Å². The highest BCUT2D eigenvalue weighted by atomic mass is 16.4. The molecule has 10 rings (SSSR count). The van der Waals surface area contributed by atoms with Crippen LogP contribution in [0.15, 0.2) is 167 Å². The number of anilines is 3. The molecule has 50 heavy (non-hydrogen) atoms. The molecular formula is C46H32N2O2. The number of nitrogens with zero attached hydrogens (tertiary/aromatic N) is 2. The zero-order chi connectivity index (χ0) is 33.4. The fraction of sp³-hybridized carbons (Fsp3) is 0.0652. The van der Waals surface area contributed by atoms with Crippen LogP contribution in [0.5, 0.6) is 0 Å². The van der Waals surface area contributed by atoms with Crippen molar-refractivity contribution in [2.45, 2.75) is 19.3 Å². The van der Waals surface area contributed by atoms with Gasteiger partial charge in [0, 0.05) is 44.9 Å². The normalized spacial score (nSPS) is 13.2. The van der Waals surface area contributed by atoms with Crippen LogP contribution in [0.25, 0.3) is 66.7 Å². The molecule has 0 spiro atoms. The minimum atomic E-state index is -0.0757. The Hall–Kier alpha value is -6.39. The van der Waals surface area contributed by atoms with Crippen molar-refractivity contribution in [2.75, 3.05) is 4.90 Å². The maximum absolute atomic E-state index is 6.29. The van der Waals surface area contributed by atoms with Crippen LogP contribution in [-0.4, -0.2) is 4.98 Å². The van der Waals surface area contributed by atoms with Gasteiger partial charge in [-0.15, -0.1) is 0 Å². The lowest BCUT2D eigenvalue weighted by atomic mass is 9.82. The highest BCUT2D eigenvalue weighted by Crippen LogP contribution is 2.50. The minimum Gasteiger partial charge on any atom is -0.456 e. The first-order valence-corrected chi connectivity index (χ1v) is 17.0. The first-order valence-electron chi connectivity index (χ1n) is 17.0. The highest BCUT2D eigenvalue weighted by Gasteiger charge is 2.35. The molecule has 0 N–H and O–H groups in total. The lowest BCUT2D eigenvalue weighted by Gasteiger charge is -2.28. The number of para-hydroxylation sites is 1. The molecule has 0 bridgehead atoms. The molecule has 4 nitrogen and oxygen atoms in total. The van der Waals surface area contributed by atoms with Crippen molar-refractivity contribution >= 4 is 50.1 Å². The second kappa shape index (κ2) is 10.8. The summed E-state index contributed by atoms with van der Waals surface area (Å²) >= 11 is 0. The molecule has 4 heteroatoms. The molecule has 0 radical (unpaired) electrons. The average Bonchev–Trinajstić information content (AvgIpc) is 3.81. The molecule has 0 saturated heterocycles. The van der Waals surface area contributed by atoms with Gasteiger partial charge in [-0.05, 0) is 100 Å². The summed E-state index contributed by atoms with van der Waals surface area (Å²) in [4.78, 5) is 7.15. The quantitative estimate of drug-likeness (QED) is 0.187. The van der Waals surface area contributed by atoms with E-state index in [1.54, 1.807) is 0 Å². The molecule has 2 aromatic heterocycles. The summed E-state index contributed by atoms with van der Waals surface area (Å²) < 4.78 is 12.4. The van der Waals surface area contributed by atoms with E-state index in [4.69, 9.17) is 13.8 Å². The Balaban J connectivity index is 1.03. The molecule has 0 amide bonds. The van der Waals surface area contributed by atoms with Gasteiger partial charge in [0.25, 0.3) is 0 Å². The Morgan fingerprint density at radius 1 is 0.460 bits per heavy atom. The van der Waals surface area contributed by atoms with E-state index in [0.29, 0.717) is 11.5 Å². The third-order valence-corrected chi connectivity index (χ3v) is 10.3. The van der Waals surface area contributed by atoms with E-state index in [-0.39, 0.29) is 5.41 Å². The van der Waals surface area contributed by atoms with Gasteiger partial charge in [0.15, 0.2) is 5.58 Å². The predicted molar refractivity (Wildman–Crippen MR) is 204 cm³/mol. The van der Waals surface area contributed by atoms with Gasteiger partial charge in [-0.2, -0.15) is 0 Å². The van der Waals surface area contributed by atoms with Crippen molar-refractivity contribution in [3.63, 3.8) is 0 Å². The lowest BCUT2D eigenvalue weighted by molar-refractivity contribution is 0.617. The van der Waals surface area contributed by atoms with Crippen molar-refractivity contribution in [1.82, 2.24) is 4.98 Å². The molecule has 1 aliphatic rings. The summed E-state index contributed by atoms with van der Waals surface area (Å²) in [6.45, 7) is 4.67. The van der Waals surface area contributed by atoms with Crippen molar-refractivity contribution < 1.29 is 8.83 Å². The van der Waals surface area contributed by atoms with Crippen molar-refractivity contribution in [2.24, 2.45) is 0 Å². The summed E-state index contributed by atoms with van der Waals surface area (Å²) in [6.07, 6.45) is 0. The topological polar surface area (TPSA) is 42.4 Å². The van der Waals surface area contributed by atoms with Gasteiger partial charge in [-0.25, -0.2) is 4.98 Å². The number of rotatable bonds is 5. The maximum atomic E-state index is 6.29. The lowest BCUT2D eigenvalue weighted by Crippen LogP contribution is -2.16. The van der Waals surface area contributed by atoms with E-state index in [9.17, 15) is 0 Å². The van der Waals surface area contributed by atoms with Crippen LogP contribution < -0.4 is 4.90 Å². The monoisotopic (exact) mass is 644 g/mol. The van der Waals surface area contributed by atoms with Gasteiger partial charge in [-0.1, -0.05) is 98.8 Å². The van der Waals surface area contributed by atoms with Gasteiger partial charge in [0.2, 0.25) is 5.89 Å². The first kappa shape index (κ1) is 28.6. The molecule has 238 valence electrons. The average molecular weight is 645 g/mol. The van der Waals surface area contributed by atoms with Crippen LogP contribution in [-0.2, 0) is 5.41 Å². The molecule has 0 unspecified atom stereocenters. The second-order valence-corrected chi connectivity index (χ2v) is 13.6. The van der Waals surface area contributed by atoms with Gasteiger partial charge in [0.05, 0.1) is 0 Å². The first-order chi connectivity index (χ1) is 24.5. The molecule has 0 atom stereocenters. The van der Waals surface area contributed by atoms with Gasteiger partial charge >= 0.3 is 0 Å². The number of hydrogen-bond donors (Lipinski definition) is 0. The van der Waals surface area contributed by atoms with Crippen LogP contribution in [0.2, 0.25) is 0 Å².